The van der Waals surface area contributed by atoms with Gasteiger partial charge < -0.3 is 5.32 Å². The fourth-order valence-corrected chi connectivity index (χ4v) is 2.83. The number of rotatable bonds is 7. The highest BCUT2D eigenvalue weighted by molar-refractivity contribution is 7.05. The Kier molecular flexibility index (Phi) is 5.91. The Hall–Kier alpha value is -0.480. The molecule has 0 spiro atoms. The van der Waals surface area contributed by atoms with E-state index >= 15 is 0 Å². The second-order valence-corrected chi connectivity index (χ2v) is 5.25. The Labute approximate surface area is 103 Å². The van der Waals surface area contributed by atoms with Crippen LogP contribution in [0.5, 0.6) is 0 Å². The van der Waals surface area contributed by atoms with Gasteiger partial charge in [0.2, 0.25) is 0 Å². The van der Waals surface area contributed by atoms with Gasteiger partial charge in [0.1, 0.15) is 0 Å². The molecule has 0 saturated heterocycles. The third-order valence-corrected chi connectivity index (χ3v) is 3.81. The SMILES string of the molecule is CCCC(C)CC(NCC)c1snnc1C. The molecule has 0 bridgehead atoms. The van der Waals surface area contributed by atoms with E-state index in [2.05, 4.69) is 35.7 Å². The minimum absolute atomic E-state index is 0.437. The molecule has 0 aromatic carbocycles. The molecule has 3 nitrogen and oxygen atoms in total. The topological polar surface area (TPSA) is 37.8 Å². The standard InChI is InChI=1S/C12H23N3S/c1-5-7-9(3)8-11(13-6-2)12-10(4)14-15-16-12/h9,11,13H,5-8H2,1-4H3. The van der Waals surface area contributed by atoms with E-state index < -0.39 is 0 Å². The Morgan fingerprint density at radius 1 is 1.38 bits per heavy atom. The van der Waals surface area contributed by atoms with E-state index in [1.165, 1.54) is 35.7 Å². The van der Waals surface area contributed by atoms with Gasteiger partial charge in [0.15, 0.2) is 0 Å². The third kappa shape index (κ3) is 3.83. The molecule has 0 fully saturated rings. The van der Waals surface area contributed by atoms with E-state index in [-0.39, 0.29) is 0 Å². The molecule has 0 aliphatic carbocycles. The van der Waals surface area contributed by atoms with Crippen LogP contribution in [-0.2, 0) is 0 Å². The normalized spacial score (nSPS) is 15.0. The average molecular weight is 241 g/mol. The van der Waals surface area contributed by atoms with Crippen LogP contribution >= 0.6 is 11.5 Å². The summed E-state index contributed by atoms with van der Waals surface area (Å²) in [4.78, 5) is 1.31. The van der Waals surface area contributed by atoms with Crippen LogP contribution < -0.4 is 5.32 Å². The van der Waals surface area contributed by atoms with Gasteiger partial charge >= 0.3 is 0 Å². The van der Waals surface area contributed by atoms with Crippen LogP contribution in [-0.4, -0.2) is 16.1 Å². The monoisotopic (exact) mass is 241 g/mol. The maximum atomic E-state index is 4.10. The predicted octanol–water partition coefficient (Wildman–Crippen LogP) is 3.32. The molecule has 2 unspecified atom stereocenters. The van der Waals surface area contributed by atoms with Crippen molar-refractivity contribution in [2.24, 2.45) is 5.92 Å². The van der Waals surface area contributed by atoms with Gasteiger partial charge in [-0.05, 0) is 37.3 Å². The summed E-state index contributed by atoms with van der Waals surface area (Å²) in [5, 5.41) is 7.65. The van der Waals surface area contributed by atoms with Crippen molar-refractivity contribution >= 4 is 11.5 Å². The summed E-state index contributed by atoms with van der Waals surface area (Å²) in [5.41, 5.74) is 1.08. The first-order valence-corrected chi connectivity index (χ1v) is 6.98. The van der Waals surface area contributed by atoms with E-state index in [4.69, 9.17) is 0 Å². The molecule has 1 heterocycles. The maximum absolute atomic E-state index is 4.10. The minimum Gasteiger partial charge on any atom is -0.309 e. The van der Waals surface area contributed by atoms with Gasteiger partial charge in [-0.3, -0.25) is 0 Å². The fraction of sp³-hybridized carbons (Fsp3) is 0.833. The van der Waals surface area contributed by atoms with Crippen LogP contribution in [0.1, 0.15) is 56.6 Å². The summed E-state index contributed by atoms with van der Waals surface area (Å²) < 4.78 is 4.03. The molecular weight excluding hydrogens is 218 g/mol. The lowest BCUT2D eigenvalue weighted by Gasteiger charge is -2.20. The van der Waals surface area contributed by atoms with Crippen LogP contribution in [0.3, 0.4) is 0 Å². The molecule has 1 aromatic rings. The molecule has 2 atom stereocenters. The molecule has 1 N–H and O–H groups in total. The highest BCUT2D eigenvalue weighted by atomic mass is 32.1. The number of nitrogens with zero attached hydrogens (tertiary/aromatic N) is 2. The van der Waals surface area contributed by atoms with Gasteiger partial charge in [-0.25, -0.2) is 0 Å². The lowest BCUT2D eigenvalue weighted by Crippen LogP contribution is -2.22. The van der Waals surface area contributed by atoms with Crippen molar-refractivity contribution in [2.75, 3.05) is 6.54 Å². The van der Waals surface area contributed by atoms with Crippen molar-refractivity contribution in [1.29, 1.82) is 0 Å². The van der Waals surface area contributed by atoms with Crippen molar-refractivity contribution < 1.29 is 0 Å². The lowest BCUT2D eigenvalue weighted by molar-refractivity contribution is 0.398. The quantitative estimate of drug-likeness (QED) is 0.795. The lowest BCUT2D eigenvalue weighted by atomic mass is 9.96. The largest absolute Gasteiger partial charge is 0.309 e. The van der Waals surface area contributed by atoms with E-state index in [9.17, 15) is 0 Å². The number of hydrogen-bond acceptors (Lipinski definition) is 4. The molecule has 1 rings (SSSR count). The highest BCUT2D eigenvalue weighted by Gasteiger charge is 2.18. The first-order valence-electron chi connectivity index (χ1n) is 6.21. The number of aryl methyl sites for hydroxylation is 1. The van der Waals surface area contributed by atoms with Crippen molar-refractivity contribution in [3.63, 3.8) is 0 Å². The molecule has 0 aliphatic heterocycles. The molecule has 16 heavy (non-hydrogen) atoms. The first kappa shape index (κ1) is 13.6. The van der Waals surface area contributed by atoms with Gasteiger partial charge in [0.25, 0.3) is 0 Å². The van der Waals surface area contributed by atoms with E-state index in [1.54, 1.807) is 0 Å². The second-order valence-electron chi connectivity index (χ2n) is 4.46. The van der Waals surface area contributed by atoms with Crippen molar-refractivity contribution in [3.05, 3.63) is 10.6 Å². The third-order valence-electron chi connectivity index (χ3n) is 2.87. The fourth-order valence-electron chi connectivity index (χ4n) is 2.10. The summed E-state index contributed by atoms with van der Waals surface area (Å²) in [7, 11) is 0. The second kappa shape index (κ2) is 6.97. The van der Waals surface area contributed by atoms with Crippen LogP contribution in [0.15, 0.2) is 0 Å². The number of aromatic nitrogens is 2. The summed E-state index contributed by atoms with van der Waals surface area (Å²) >= 11 is 1.53. The minimum atomic E-state index is 0.437. The zero-order valence-electron chi connectivity index (χ0n) is 10.8. The van der Waals surface area contributed by atoms with Gasteiger partial charge in [-0.15, -0.1) is 5.10 Å². The number of hydrogen-bond donors (Lipinski definition) is 1. The van der Waals surface area contributed by atoms with Crippen LogP contribution in [0.25, 0.3) is 0 Å². The van der Waals surface area contributed by atoms with Crippen molar-refractivity contribution in [1.82, 2.24) is 14.9 Å². The molecule has 0 aliphatic rings. The van der Waals surface area contributed by atoms with Gasteiger partial charge in [0, 0.05) is 6.04 Å². The van der Waals surface area contributed by atoms with Crippen molar-refractivity contribution in [2.45, 2.75) is 53.0 Å². The Morgan fingerprint density at radius 2 is 2.12 bits per heavy atom. The molecule has 0 saturated carbocycles. The molecule has 0 amide bonds. The maximum Gasteiger partial charge on any atom is 0.0772 e. The average Bonchev–Trinajstić information content (AvgIpc) is 2.64. The molecule has 1 aromatic heterocycles. The zero-order chi connectivity index (χ0) is 12.0. The smallest absolute Gasteiger partial charge is 0.0772 e. The predicted molar refractivity (Wildman–Crippen MR) is 69.8 cm³/mol. The van der Waals surface area contributed by atoms with Gasteiger partial charge in [-0.2, -0.15) is 0 Å². The van der Waals surface area contributed by atoms with Crippen LogP contribution in [0.4, 0.5) is 0 Å². The molecule has 4 heteroatoms. The molecule has 0 radical (unpaired) electrons. The molecular formula is C12H23N3S. The first-order chi connectivity index (χ1) is 7.69. The van der Waals surface area contributed by atoms with Gasteiger partial charge in [0.05, 0.1) is 10.6 Å². The molecule has 92 valence electrons. The van der Waals surface area contributed by atoms with E-state index in [0.717, 1.165) is 18.2 Å². The van der Waals surface area contributed by atoms with Crippen LogP contribution in [0, 0.1) is 12.8 Å². The summed E-state index contributed by atoms with van der Waals surface area (Å²) in [5.74, 6) is 0.760. The van der Waals surface area contributed by atoms with Crippen molar-refractivity contribution in [3.8, 4) is 0 Å². The Balaban J connectivity index is 2.64. The van der Waals surface area contributed by atoms with E-state index in [0.29, 0.717) is 6.04 Å². The van der Waals surface area contributed by atoms with Crippen LogP contribution in [0.2, 0.25) is 0 Å². The van der Waals surface area contributed by atoms with Gasteiger partial charge in [-0.1, -0.05) is 38.1 Å². The summed E-state index contributed by atoms with van der Waals surface area (Å²) in [6.07, 6.45) is 3.75. The zero-order valence-corrected chi connectivity index (χ0v) is 11.6. The van der Waals surface area contributed by atoms with E-state index in [1.807, 2.05) is 6.92 Å². The summed E-state index contributed by atoms with van der Waals surface area (Å²) in [6, 6.07) is 0.437. The summed E-state index contributed by atoms with van der Waals surface area (Å²) in [6.45, 7) is 9.78. The highest BCUT2D eigenvalue weighted by Crippen LogP contribution is 2.27. The Morgan fingerprint density at radius 3 is 2.62 bits per heavy atom. The Bertz CT molecular complexity index is 298. The number of nitrogens with one attached hydrogen (secondary N) is 1.